The molecule has 2 nitrogen and oxygen atoms in total. The van der Waals surface area contributed by atoms with E-state index in [1.54, 1.807) is 0 Å². The molecule has 0 amide bonds. The van der Waals surface area contributed by atoms with Crippen LogP contribution in [0.25, 0.3) is 0 Å². The predicted octanol–water partition coefficient (Wildman–Crippen LogP) is 3.59. The van der Waals surface area contributed by atoms with Crippen LogP contribution in [0.3, 0.4) is 0 Å². The van der Waals surface area contributed by atoms with Crippen LogP contribution in [-0.4, -0.2) is 24.6 Å². The molecule has 0 aliphatic carbocycles. The quantitative estimate of drug-likeness (QED) is 0.782. The van der Waals surface area contributed by atoms with E-state index in [0.29, 0.717) is 12.6 Å². The third kappa shape index (κ3) is 4.42. The molecule has 0 saturated heterocycles. The number of rotatable bonds is 6. The molecule has 0 N–H and O–H groups in total. The van der Waals surface area contributed by atoms with Gasteiger partial charge in [0.2, 0.25) is 0 Å². The summed E-state index contributed by atoms with van der Waals surface area (Å²) in [4.78, 5) is 2.30. The van der Waals surface area contributed by atoms with Crippen LogP contribution in [0.2, 0.25) is 0 Å². The van der Waals surface area contributed by atoms with E-state index in [-0.39, 0.29) is 0 Å². The molecule has 1 atom stereocenters. The monoisotopic (exact) mass is 255 g/mol. The van der Waals surface area contributed by atoms with Gasteiger partial charge in [-0.25, -0.2) is 0 Å². The fraction of sp³-hybridized carbons (Fsp3) is 0.294. The number of para-hydroxylation sites is 1. The normalized spacial score (nSPS) is 12.4. The highest BCUT2D eigenvalue weighted by Crippen LogP contribution is 2.11. The minimum atomic E-state index is 0.375. The molecule has 19 heavy (non-hydrogen) atoms. The summed E-state index contributed by atoms with van der Waals surface area (Å²) in [5.74, 6) is 0.933. The standard InChI is InChI=1S/C17H21NO/c1-15(14-19-17-11-7-4-8-12-17)18(2)13-16-9-5-3-6-10-16/h3-12,15H,13-14H2,1-2H3. The molecule has 1 unspecified atom stereocenters. The number of hydrogen-bond donors (Lipinski definition) is 0. The Hall–Kier alpha value is -1.80. The first kappa shape index (κ1) is 13.6. The lowest BCUT2D eigenvalue weighted by molar-refractivity contribution is 0.167. The molecule has 0 bridgehead atoms. The molecular formula is C17H21NO. The number of likely N-dealkylation sites (N-methyl/N-ethyl adjacent to an activating group) is 1. The molecule has 2 heteroatoms. The number of hydrogen-bond acceptors (Lipinski definition) is 2. The van der Waals surface area contributed by atoms with Gasteiger partial charge >= 0.3 is 0 Å². The van der Waals surface area contributed by atoms with Gasteiger partial charge in [-0.15, -0.1) is 0 Å². The zero-order valence-corrected chi connectivity index (χ0v) is 11.6. The summed E-state index contributed by atoms with van der Waals surface area (Å²) in [7, 11) is 2.13. The van der Waals surface area contributed by atoms with Crippen molar-refractivity contribution in [2.45, 2.75) is 19.5 Å². The van der Waals surface area contributed by atoms with Crippen molar-refractivity contribution in [3.8, 4) is 5.75 Å². The SMILES string of the molecule is CC(COc1ccccc1)N(C)Cc1ccccc1. The summed E-state index contributed by atoms with van der Waals surface area (Å²) >= 11 is 0. The smallest absolute Gasteiger partial charge is 0.119 e. The molecule has 0 aromatic heterocycles. The molecule has 0 radical (unpaired) electrons. The third-order valence-electron chi connectivity index (χ3n) is 3.26. The summed E-state index contributed by atoms with van der Waals surface area (Å²) in [6, 6.07) is 20.9. The van der Waals surface area contributed by atoms with Crippen LogP contribution < -0.4 is 4.74 Å². The maximum atomic E-state index is 5.78. The maximum Gasteiger partial charge on any atom is 0.119 e. The van der Waals surface area contributed by atoms with Crippen LogP contribution >= 0.6 is 0 Å². The van der Waals surface area contributed by atoms with Gasteiger partial charge in [0.25, 0.3) is 0 Å². The van der Waals surface area contributed by atoms with E-state index >= 15 is 0 Å². The van der Waals surface area contributed by atoms with E-state index < -0.39 is 0 Å². The van der Waals surface area contributed by atoms with Crippen molar-refractivity contribution in [2.75, 3.05) is 13.7 Å². The minimum Gasteiger partial charge on any atom is -0.492 e. The zero-order chi connectivity index (χ0) is 13.5. The largest absolute Gasteiger partial charge is 0.492 e. The van der Waals surface area contributed by atoms with Crippen LogP contribution in [0.1, 0.15) is 12.5 Å². The molecule has 0 fully saturated rings. The molecule has 0 aliphatic heterocycles. The van der Waals surface area contributed by atoms with Gasteiger partial charge in [-0.3, -0.25) is 4.90 Å². The molecule has 0 heterocycles. The van der Waals surface area contributed by atoms with E-state index in [2.05, 4.69) is 43.1 Å². The highest BCUT2D eigenvalue weighted by atomic mass is 16.5. The lowest BCUT2D eigenvalue weighted by atomic mass is 10.2. The summed E-state index contributed by atoms with van der Waals surface area (Å²) < 4.78 is 5.78. The van der Waals surface area contributed by atoms with Gasteiger partial charge in [-0.05, 0) is 31.7 Å². The van der Waals surface area contributed by atoms with Crippen molar-refractivity contribution in [3.63, 3.8) is 0 Å². The van der Waals surface area contributed by atoms with Gasteiger partial charge in [-0.1, -0.05) is 48.5 Å². The van der Waals surface area contributed by atoms with Gasteiger partial charge in [0.05, 0.1) is 0 Å². The molecule has 2 aromatic rings. The second kappa shape index (κ2) is 6.95. The van der Waals surface area contributed by atoms with Gasteiger partial charge in [-0.2, -0.15) is 0 Å². The Morgan fingerprint density at radius 3 is 2.16 bits per heavy atom. The van der Waals surface area contributed by atoms with E-state index in [1.807, 2.05) is 36.4 Å². The number of nitrogens with zero attached hydrogens (tertiary/aromatic N) is 1. The van der Waals surface area contributed by atoms with Gasteiger partial charge in [0, 0.05) is 12.6 Å². The maximum absolute atomic E-state index is 5.78. The Labute approximate surface area is 115 Å². The van der Waals surface area contributed by atoms with Crippen LogP contribution in [0.15, 0.2) is 60.7 Å². The average Bonchev–Trinajstić information content (AvgIpc) is 2.47. The molecule has 100 valence electrons. The Bertz CT molecular complexity index is 469. The summed E-state index contributed by atoms with van der Waals surface area (Å²) in [5, 5.41) is 0. The van der Waals surface area contributed by atoms with Gasteiger partial charge in [0.1, 0.15) is 12.4 Å². The molecule has 2 aromatic carbocycles. The number of ether oxygens (including phenoxy) is 1. The molecule has 0 aliphatic rings. The molecule has 2 rings (SSSR count). The zero-order valence-electron chi connectivity index (χ0n) is 11.6. The molecule has 0 saturated carbocycles. The molecule has 0 spiro atoms. The first-order valence-corrected chi connectivity index (χ1v) is 6.67. The second-order valence-corrected chi connectivity index (χ2v) is 4.87. The lowest BCUT2D eigenvalue weighted by Gasteiger charge is -2.24. The average molecular weight is 255 g/mol. The van der Waals surface area contributed by atoms with E-state index in [0.717, 1.165) is 12.3 Å². The van der Waals surface area contributed by atoms with Crippen molar-refractivity contribution in [3.05, 3.63) is 66.2 Å². The van der Waals surface area contributed by atoms with Crippen LogP contribution in [0.4, 0.5) is 0 Å². The van der Waals surface area contributed by atoms with Crippen molar-refractivity contribution in [1.82, 2.24) is 4.90 Å². The third-order valence-corrected chi connectivity index (χ3v) is 3.26. The van der Waals surface area contributed by atoms with E-state index in [4.69, 9.17) is 4.74 Å². The van der Waals surface area contributed by atoms with Crippen LogP contribution in [-0.2, 0) is 6.54 Å². The summed E-state index contributed by atoms with van der Waals surface area (Å²) in [6.45, 7) is 3.83. The fourth-order valence-electron chi connectivity index (χ4n) is 1.89. The highest BCUT2D eigenvalue weighted by molar-refractivity contribution is 5.21. The van der Waals surface area contributed by atoms with Crippen molar-refractivity contribution >= 4 is 0 Å². The highest BCUT2D eigenvalue weighted by Gasteiger charge is 2.10. The number of benzene rings is 2. The summed E-state index contributed by atoms with van der Waals surface area (Å²) in [6.07, 6.45) is 0. The fourth-order valence-corrected chi connectivity index (χ4v) is 1.89. The van der Waals surface area contributed by atoms with E-state index in [9.17, 15) is 0 Å². The van der Waals surface area contributed by atoms with Gasteiger partial charge in [0.15, 0.2) is 0 Å². The van der Waals surface area contributed by atoms with Crippen LogP contribution in [0.5, 0.6) is 5.75 Å². The first-order chi connectivity index (χ1) is 9.25. The van der Waals surface area contributed by atoms with Crippen molar-refractivity contribution in [2.24, 2.45) is 0 Å². The topological polar surface area (TPSA) is 12.5 Å². The second-order valence-electron chi connectivity index (χ2n) is 4.87. The van der Waals surface area contributed by atoms with E-state index in [1.165, 1.54) is 5.56 Å². The summed E-state index contributed by atoms with van der Waals surface area (Å²) in [5.41, 5.74) is 1.33. The Morgan fingerprint density at radius 2 is 1.53 bits per heavy atom. The first-order valence-electron chi connectivity index (χ1n) is 6.67. The van der Waals surface area contributed by atoms with Crippen LogP contribution in [0, 0.1) is 0 Å². The van der Waals surface area contributed by atoms with Crippen molar-refractivity contribution in [1.29, 1.82) is 0 Å². The Balaban J connectivity index is 1.81. The predicted molar refractivity (Wildman–Crippen MR) is 79.3 cm³/mol. The Morgan fingerprint density at radius 1 is 0.947 bits per heavy atom. The van der Waals surface area contributed by atoms with Gasteiger partial charge < -0.3 is 4.74 Å². The minimum absolute atomic E-state index is 0.375. The lowest BCUT2D eigenvalue weighted by Crippen LogP contribution is -2.33. The Kier molecular flexibility index (Phi) is 4.99. The van der Waals surface area contributed by atoms with Crippen molar-refractivity contribution < 1.29 is 4.74 Å². The molecular weight excluding hydrogens is 234 g/mol.